The van der Waals surface area contributed by atoms with Crippen molar-refractivity contribution in [3.05, 3.63) is 22.2 Å². The summed E-state index contributed by atoms with van der Waals surface area (Å²) in [5.41, 5.74) is 8.45. The van der Waals surface area contributed by atoms with Gasteiger partial charge in [0.25, 0.3) is 0 Å². The first-order valence-electron chi connectivity index (χ1n) is 6.41. The number of rotatable bonds is 2. The van der Waals surface area contributed by atoms with Crippen LogP contribution < -0.4 is 15.2 Å². The zero-order valence-corrected chi connectivity index (χ0v) is 11.5. The molecule has 2 aliphatic rings. The van der Waals surface area contributed by atoms with Gasteiger partial charge in [-0.1, -0.05) is 11.6 Å². The van der Waals surface area contributed by atoms with E-state index in [-0.39, 0.29) is 11.5 Å². The SMILES string of the molecule is Cc1c(Cl)cc2c(c1C1(C(C)N)CC1)OCCO2. The molecule has 1 aromatic rings. The first kappa shape index (κ1) is 12.1. The van der Waals surface area contributed by atoms with Crippen LogP contribution in [0.4, 0.5) is 0 Å². The third-order valence-electron chi connectivity index (χ3n) is 4.19. The highest BCUT2D eigenvalue weighted by molar-refractivity contribution is 6.31. The fraction of sp³-hybridized carbons (Fsp3) is 0.571. The summed E-state index contributed by atoms with van der Waals surface area (Å²) in [6, 6.07) is 1.95. The lowest BCUT2D eigenvalue weighted by Gasteiger charge is -2.29. The third kappa shape index (κ3) is 1.61. The van der Waals surface area contributed by atoms with Crippen LogP contribution in [0.25, 0.3) is 0 Å². The number of fused-ring (bicyclic) bond motifs is 1. The van der Waals surface area contributed by atoms with E-state index in [1.165, 1.54) is 5.56 Å². The molecule has 0 spiro atoms. The maximum absolute atomic E-state index is 6.31. The molecule has 98 valence electrons. The Morgan fingerprint density at radius 2 is 2.00 bits per heavy atom. The summed E-state index contributed by atoms with van der Waals surface area (Å²) in [6.07, 6.45) is 2.20. The third-order valence-corrected chi connectivity index (χ3v) is 4.58. The Labute approximate surface area is 112 Å². The van der Waals surface area contributed by atoms with Crippen LogP contribution in [-0.4, -0.2) is 19.3 Å². The normalized spacial score (nSPS) is 21.6. The molecule has 1 aliphatic carbocycles. The van der Waals surface area contributed by atoms with E-state index in [1.54, 1.807) is 0 Å². The molecule has 0 bridgehead atoms. The Balaban J connectivity index is 2.21. The van der Waals surface area contributed by atoms with Crippen molar-refractivity contribution in [3.63, 3.8) is 0 Å². The molecule has 0 aromatic heterocycles. The van der Waals surface area contributed by atoms with Crippen LogP contribution in [0.15, 0.2) is 6.07 Å². The molecule has 4 heteroatoms. The van der Waals surface area contributed by atoms with E-state index in [2.05, 4.69) is 6.92 Å². The van der Waals surface area contributed by atoms with Crippen LogP contribution in [0.5, 0.6) is 11.5 Å². The standard InChI is InChI=1S/C14H18ClNO2/c1-8-10(15)7-11-13(18-6-5-17-11)12(8)14(3-4-14)9(2)16/h7,9H,3-6,16H2,1-2H3. The molecular formula is C14H18ClNO2. The fourth-order valence-corrected chi connectivity index (χ4v) is 3.11. The van der Waals surface area contributed by atoms with Gasteiger partial charge < -0.3 is 15.2 Å². The van der Waals surface area contributed by atoms with Crippen LogP contribution in [0.3, 0.4) is 0 Å². The van der Waals surface area contributed by atoms with E-state index in [4.69, 9.17) is 26.8 Å². The smallest absolute Gasteiger partial charge is 0.165 e. The van der Waals surface area contributed by atoms with Gasteiger partial charge in [0.2, 0.25) is 0 Å². The predicted molar refractivity (Wildman–Crippen MR) is 71.7 cm³/mol. The Hall–Kier alpha value is -0.930. The first-order chi connectivity index (χ1) is 8.56. The number of benzene rings is 1. The van der Waals surface area contributed by atoms with E-state index in [0.717, 1.165) is 34.9 Å². The first-order valence-corrected chi connectivity index (χ1v) is 6.79. The second kappa shape index (κ2) is 4.04. The monoisotopic (exact) mass is 267 g/mol. The molecule has 3 rings (SSSR count). The molecule has 1 fully saturated rings. The van der Waals surface area contributed by atoms with E-state index >= 15 is 0 Å². The summed E-state index contributed by atoms with van der Waals surface area (Å²) in [5.74, 6) is 1.62. The molecule has 1 saturated carbocycles. The predicted octanol–water partition coefficient (Wildman–Crippen LogP) is 2.80. The number of hydrogen-bond acceptors (Lipinski definition) is 3. The second-order valence-electron chi connectivity index (χ2n) is 5.33. The molecule has 3 nitrogen and oxygen atoms in total. The van der Waals surface area contributed by atoms with Crippen molar-refractivity contribution in [3.8, 4) is 11.5 Å². The summed E-state index contributed by atoms with van der Waals surface area (Å²) >= 11 is 6.31. The van der Waals surface area contributed by atoms with Gasteiger partial charge in [0, 0.05) is 28.1 Å². The van der Waals surface area contributed by atoms with Gasteiger partial charge in [-0.25, -0.2) is 0 Å². The van der Waals surface area contributed by atoms with Crippen molar-refractivity contribution in [1.82, 2.24) is 0 Å². The molecular weight excluding hydrogens is 250 g/mol. The largest absolute Gasteiger partial charge is 0.486 e. The zero-order chi connectivity index (χ0) is 12.9. The minimum Gasteiger partial charge on any atom is -0.486 e. The lowest BCUT2D eigenvalue weighted by molar-refractivity contribution is 0.168. The number of halogens is 1. The van der Waals surface area contributed by atoms with Gasteiger partial charge in [0.1, 0.15) is 13.2 Å². The maximum atomic E-state index is 6.31. The highest BCUT2D eigenvalue weighted by atomic mass is 35.5. The summed E-state index contributed by atoms with van der Waals surface area (Å²) in [7, 11) is 0. The van der Waals surface area contributed by atoms with Gasteiger partial charge in [-0.15, -0.1) is 0 Å². The summed E-state index contributed by atoms with van der Waals surface area (Å²) in [4.78, 5) is 0. The van der Waals surface area contributed by atoms with Gasteiger partial charge in [-0.3, -0.25) is 0 Å². The van der Waals surface area contributed by atoms with E-state index in [0.29, 0.717) is 13.2 Å². The molecule has 0 radical (unpaired) electrons. The van der Waals surface area contributed by atoms with Gasteiger partial charge in [-0.05, 0) is 32.3 Å². The Morgan fingerprint density at radius 3 is 2.61 bits per heavy atom. The van der Waals surface area contributed by atoms with Gasteiger partial charge in [0.15, 0.2) is 11.5 Å². The average molecular weight is 268 g/mol. The van der Waals surface area contributed by atoms with Gasteiger partial charge in [-0.2, -0.15) is 0 Å². The molecule has 0 amide bonds. The van der Waals surface area contributed by atoms with Crippen molar-refractivity contribution >= 4 is 11.6 Å². The Bertz CT molecular complexity index is 495. The molecule has 1 aliphatic heterocycles. The van der Waals surface area contributed by atoms with Crippen LogP contribution in [-0.2, 0) is 5.41 Å². The van der Waals surface area contributed by atoms with Crippen LogP contribution in [0.1, 0.15) is 30.9 Å². The summed E-state index contributed by atoms with van der Waals surface area (Å²) in [5, 5.41) is 0.737. The fourth-order valence-electron chi connectivity index (χ4n) is 2.91. The van der Waals surface area contributed by atoms with Gasteiger partial charge in [0.05, 0.1) is 0 Å². The van der Waals surface area contributed by atoms with E-state index in [1.807, 2.05) is 13.0 Å². The minimum atomic E-state index is 0.0275. The molecule has 1 atom stereocenters. The number of hydrogen-bond donors (Lipinski definition) is 1. The molecule has 18 heavy (non-hydrogen) atoms. The highest BCUT2D eigenvalue weighted by Gasteiger charge is 2.51. The van der Waals surface area contributed by atoms with Crippen molar-refractivity contribution in [2.45, 2.75) is 38.1 Å². The Morgan fingerprint density at radius 1 is 1.33 bits per heavy atom. The lowest BCUT2D eigenvalue weighted by atomic mass is 9.85. The van der Waals surface area contributed by atoms with Crippen molar-refractivity contribution in [2.24, 2.45) is 5.73 Å². The van der Waals surface area contributed by atoms with E-state index < -0.39 is 0 Å². The van der Waals surface area contributed by atoms with Crippen LogP contribution in [0.2, 0.25) is 5.02 Å². The summed E-state index contributed by atoms with van der Waals surface area (Å²) in [6.45, 7) is 5.27. The average Bonchev–Trinajstić information content (AvgIpc) is 3.12. The van der Waals surface area contributed by atoms with Gasteiger partial charge >= 0.3 is 0 Å². The second-order valence-corrected chi connectivity index (χ2v) is 5.73. The zero-order valence-electron chi connectivity index (χ0n) is 10.8. The van der Waals surface area contributed by atoms with Crippen LogP contribution >= 0.6 is 11.6 Å². The van der Waals surface area contributed by atoms with E-state index in [9.17, 15) is 0 Å². The van der Waals surface area contributed by atoms with Crippen molar-refractivity contribution in [2.75, 3.05) is 13.2 Å². The molecule has 2 N–H and O–H groups in total. The molecule has 1 heterocycles. The Kier molecular flexibility index (Phi) is 2.72. The number of nitrogens with two attached hydrogens (primary N) is 1. The molecule has 1 unspecified atom stereocenters. The topological polar surface area (TPSA) is 44.5 Å². The molecule has 1 aromatic carbocycles. The van der Waals surface area contributed by atoms with Crippen LogP contribution in [0, 0.1) is 6.92 Å². The quantitative estimate of drug-likeness (QED) is 0.896. The minimum absolute atomic E-state index is 0.0275. The van der Waals surface area contributed by atoms with Crippen molar-refractivity contribution < 1.29 is 9.47 Å². The maximum Gasteiger partial charge on any atom is 0.165 e. The summed E-state index contributed by atoms with van der Waals surface area (Å²) < 4.78 is 11.5. The highest BCUT2D eigenvalue weighted by Crippen LogP contribution is 2.57. The lowest BCUT2D eigenvalue weighted by Crippen LogP contribution is -2.33. The molecule has 0 saturated heterocycles. The number of ether oxygens (including phenoxy) is 2. The van der Waals surface area contributed by atoms with Crippen molar-refractivity contribution in [1.29, 1.82) is 0 Å².